The lowest BCUT2D eigenvalue weighted by atomic mass is 10.2. The molecule has 0 aliphatic carbocycles. The summed E-state index contributed by atoms with van der Waals surface area (Å²) in [5.74, 6) is 2.62. The van der Waals surface area contributed by atoms with E-state index in [2.05, 4.69) is 30.3 Å². The molecule has 1 atom stereocenters. The summed E-state index contributed by atoms with van der Waals surface area (Å²) in [6.45, 7) is 4.02. The molecule has 0 amide bonds. The maximum atomic E-state index is 5.24. The van der Waals surface area contributed by atoms with Gasteiger partial charge in [-0.3, -0.25) is 0 Å². The molecule has 0 heterocycles. The van der Waals surface area contributed by atoms with Gasteiger partial charge in [-0.1, -0.05) is 23.6 Å². The first-order valence-corrected chi connectivity index (χ1v) is 4.01. The molecule has 0 aliphatic heterocycles. The van der Waals surface area contributed by atoms with E-state index < -0.39 is 0 Å². The molecule has 0 saturated heterocycles. The SMILES string of the molecule is C#CC(C)Nc1ccc(C)cc1. The van der Waals surface area contributed by atoms with Gasteiger partial charge in [0.15, 0.2) is 0 Å². The van der Waals surface area contributed by atoms with Gasteiger partial charge in [0.2, 0.25) is 0 Å². The van der Waals surface area contributed by atoms with Crippen LogP contribution in [0.5, 0.6) is 0 Å². The summed E-state index contributed by atoms with van der Waals surface area (Å²) >= 11 is 0. The van der Waals surface area contributed by atoms with Gasteiger partial charge in [-0.2, -0.15) is 0 Å². The quantitative estimate of drug-likeness (QED) is 0.653. The van der Waals surface area contributed by atoms with Crippen molar-refractivity contribution < 1.29 is 0 Å². The fourth-order valence-electron chi connectivity index (χ4n) is 0.941. The van der Waals surface area contributed by atoms with Crippen molar-refractivity contribution in [3.63, 3.8) is 0 Å². The molecule has 0 bridgehead atoms. The molecule has 0 spiro atoms. The fraction of sp³-hybridized carbons (Fsp3) is 0.273. The monoisotopic (exact) mass is 159 g/mol. The second kappa shape index (κ2) is 3.82. The van der Waals surface area contributed by atoms with Crippen LogP contribution >= 0.6 is 0 Å². The van der Waals surface area contributed by atoms with Crippen LogP contribution < -0.4 is 5.32 Å². The number of nitrogens with one attached hydrogen (secondary N) is 1. The van der Waals surface area contributed by atoms with E-state index in [0.29, 0.717) is 0 Å². The summed E-state index contributed by atoms with van der Waals surface area (Å²) < 4.78 is 0. The third kappa shape index (κ3) is 2.32. The Morgan fingerprint density at radius 1 is 1.33 bits per heavy atom. The highest BCUT2D eigenvalue weighted by Gasteiger charge is 1.95. The molecule has 0 radical (unpaired) electrons. The number of terminal acetylenes is 1. The van der Waals surface area contributed by atoms with Crippen molar-refractivity contribution in [1.29, 1.82) is 0 Å². The highest BCUT2D eigenvalue weighted by Crippen LogP contribution is 2.09. The second-order valence-corrected chi connectivity index (χ2v) is 2.90. The van der Waals surface area contributed by atoms with Gasteiger partial charge < -0.3 is 5.32 Å². The van der Waals surface area contributed by atoms with Crippen LogP contribution in [-0.4, -0.2) is 6.04 Å². The zero-order chi connectivity index (χ0) is 8.97. The Hall–Kier alpha value is -1.42. The van der Waals surface area contributed by atoms with Crippen molar-refractivity contribution in [2.45, 2.75) is 19.9 Å². The Balaban J connectivity index is 2.66. The Morgan fingerprint density at radius 2 is 1.92 bits per heavy atom. The average molecular weight is 159 g/mol. The maximum Gasteiger partial charge on any atom is 0.0845 e. The van der Waals surface area contributed by atoms with Crippen molar-refractivity contribution in [1.82, 2.24) is 0 Å². The van der Waals surface area contributed by atoms with Crippen LogP contribution in [0.25, 0.3) is 0 Å². The van der Waals surface area contributed by atoms with E-state index >= 15 is 0 Å². The maximum absolute atomic E-state index is 5.24. The van der Waals surface area contributed by atoms with E-state index in [-0.39, 0.29) is 6.04 Å². The summed E-state index contributed by atoms with van der Waals surface area (Å²) in [6.07, 6.45) is 5.24. The number of rotatable bonds is 2. The molecule has 1 aromatic carbocycles. The van der Waals surface area contributed by atoms with Gasteiger partial charge in [-0.25, -0.2) is 0 Å². The lowest BCUT2D eigenvalue weighted by Crippen LogP contribution is -2.11. The van der Waals surface area contributed by atoms with Crippen molar-refractivity contribution in [3.8, 4) is 12.3 Å². The molecule has 1 nitrogen and oxygen atoms in total. The van der Waals surface area contributed by atoms with Crippen LogP contribution in [0.1, 0.15) is 12.5 Å². The Morgan fingerprint density at radius 3 is 2.42 bits per heavy atom. The summed E-state index contributed by atoms with van der Waals surface area (Å²) in [5.41, 5.74) is 2.33. The Bertz CT molecular complexity index is 279. The number of hydrogen-bond donors (Lipinski definition) is 1. The number of hydrogen-bond acceptors (Lipinski definition) is 1. The molecule has 62 valence electrons. The van der Waals surface area contributed by atoms with E-state index in [1.54, 1.807) is 0 Å². The fourth-order valence-corrected chi connectivity index (χ4v) is 0.941. The lowest BCUT2D eigenvalue weighted by molar-refractivity contribution is 1.03. The summed E-state index contributed by atoms with van der Waals surface area (Å²) in [5, 5.41) is 3.18. The Kier molecular flexibility index (Phi) is 2.76. The normalized spacial score (nSPS) is 11.8. The van der Waals surface area contributed by atoms with Gasteiger partial charge in [0.1, 0.15) is 0 Å². The first kappa shape index (κ1) is 8.67. The molecule has 0 aliphatic rings. The van der Waals surface area contributed by atoms with Gasteiger partial charge in [0.05, 0.1) is 6.04 Å². The smallest absolute Gasteiger partial charge is 0.0845 e. The first-order chi connectivity index (χ1) is 5.72. The zero-order valence-corrected chi connectivity index (χ0v) is 7.46. The van der Waals surface area contributed by atoms with E-state index in [1.807, 2.05) is 19.1 Å². The van der Waals surface area contributed by atoms with E-state index in [4.69, 9.17) is 6.42 Å². The molecule has 1 rings (SSSR count). The van der Waals surface area contributed by atoms with Crippen LogP contribution in [0.3, 0.4) is 0 Å². The van der Waals surface area contributed by atoms with Crippen LogP contribution in [0.15, 0.2) is 24.3 Å². The predicted molar refractivity (Wildman–Crippen MR) is 53.1 cm³/mol. The first-order valence-electron chi connectivity index (χ1n) is 4.01. The molecule has 1 heteroatoms. The average Bonchev–Trinajstić information content (AvgIpc) is 2.09. The number of anilines is 1. The standard InChI is InChI=1S/C11H13N/c1-4-10(3)12-11-7-5-9(2)6-8-11/h1,5-8,10,12H,2-3H3. The third-order valence-corrected chi connectivity index (χ3v) is 1.68. The van der Waals surface area contributed by atoms with Gasteiger partial charge in [0.25, 0.3) is 0 Å². The zero-order valence-electron chi connectivity index (χ0n) is 7.46. The van der Waals surface area contributed by atoms with Crippen molar-refractivity contribution in [2.75, 3.05) is 5.32 Å². The lowest BCUT2D eigenvalue weighted by Gasteiger charge is -2.08. The minimum Gasteiger partial charge on any atom is -0.372 e. The number of benzene rings is 1. The van der Waals surface area contributed by atoms with Crippen LogP contribution in [0, 0.1) is 19.3 Å². The van der Waals surface area contributed by atoms with Gasteiger partial charge >= 0.3 is 0 Å². The highest BCUT2D eigenvalue weighted by atomic mass is 14.9. The molecule has 0 saturated carbocycles. The van der Waals surface area contributed by atoms with Crippen LogP contribution in [-0.2, 0) is 0 Å². The van der Waals surface area contributed by atoms with Crippen LogP contribution in [0.2, 0.25) is 0 Å². The molecular weight excluding hydrogens is 146 g/mol. The highest BCUT2D eigenvalue weighted by molar-refractivity contribution is 5.46. The topological polar surface area (TPSA) is 12.0 Å². The summed E-state index contributed by atoms with van der Waals surface area (Å²) in [4.78, 5) is 0. The Labute approximate surface area is 73.8 Å². The van der Waals surface area contributed by atoms with Gasteiger partial charge in [0, 0.05) is 5.69 Å². The van der Waals surface area contributed by atoms with Crippen molar-refractivity contribution >= 4 is 5.69 Å². The van der Waals surface area contributed by atoms with Gasteiger partial charge in [-0.15, -0.1) is 6.42 Å². The van der Waals surface area contributed by atoms with E-state index in [1.165, 1.54) is 5.56 Å². The molecule has 1 aromatic rings. The van der Waals surface area contributed by atoms with Gasteiger partial charge in [-0.05, 0) is 26.0 Å². The minimum atomic E-state index is 0.0905. The van der Waals surface area contributed by atoms with Crippen LogP contribution in [0.4, 0.5) is 5.69 Å². The van der Waals surface area contributed by atoms with Crippen molar-refractivity contribution in [3.05, 3.63) is 29.8 Å². The van der Waals surface area contributed by atoms with Crippen molar-refractivity contribution in [2.24, 2.45) is 0 Å². The largest absolute Gasteiger partial charge is 0.372 e. The molecule has 1 N–H and O–H groups in total. The molecule has 0 fully saturated rings. The molecule has 0 aromatic heterocycles. The minimum absolute atomic E-state index is 0.0905. The van der Waals surface area contributed by atoms with E-state index in [0.717, 1.165) is 5.69 Å². The second-order valence-electron chi connectivity index (χ2n) is 2.90. The number of aryl methyl sites for hydroxylation is 1. The summed E-state index contributed by atoms with van der Waals surface area (Å²) in [6, 6.07) is 8.27. The summed E-state index contributed by atoms with van der Waals surface area (Å²) in [7, 11) is 0. The molecule has 12 heavy (non-hydrogen) atoms. The molecular formula is C11H13N. The third-order valence-electron chi connectivity index (χ3n) is 1.68. The predicted octanol–water partition coefficient (Wildman–Crippen LogP) is 2.43. The van der Waals surface area contributed by atoms with E-state index in [9.17, 15) is 0 Å². The molecule has 1 unspecified atom stereocenters.